The van der Waals surface area contributed by atoms with E-state index in [1.54, 1.807) is 16.9 Å². The Labute approximate surface area is 178 Å². The Balaban J connectivity index is 1.54. The second-order valence-corrected chi connectivity index (χ2v) is 9.04. The highest BCUT2D eigenvalue weighted by atomic mass is 32.1. The Bertz CT molecular complexity index is 1010. The van der Waals surface area contributed by atoms with Gasteiger partial charge in [-0.05, 0) is 31.9 Å². The third-order valence-corrected chi connectivity index (χ3v) is 6.72. The molecule has 9 heteroatoms. The van der Waals surface area contributed by atoms with Crippen LogP contribution < -0.4 is 5.56 Å². The van der Waals surface area contributed by atoms with Gasteiger partial charge in [0.25, 0.3) is 11.5 Å². The molecule has 1 N–H and O–H groups in total. The largest absolute Gasteiger partial charge is 0.384 e. The van der Waals surface area contributed by atoms with Crippen molar-refractivity contribution in [3.05, 3.63) is 49.3 Å². The highest BCUT2D eigenvalue weighted by molar-refractivity contribution is 7.13. The lowest BCUT2D eigenvalue weighted by atomic mass is 10.1. The number of aryl methyl sites for hydroxylation is 1. The number of methoxy groups -OCH3 is 1. The minimum absolute atomic E-state index is 0.0164. The van der Waals surface area contributed by atoms with E-state index in [4.69, 9.17) is 9.72 Å². The first-order valence-corrected chi connectivity index (χ1v) is 11.1. The summed E-state index contributed by atoms with van der Waals surface area (Å²) in [5.74, 6) is 0.520. The number of fused-ring (bicyclic) bond motifs is 1. The van der Waals surface area contributed by atoms with Crippen LogP contribution in [0.2, 0.25) is 0 Å². The van der Waals surface area contributed by atoms with Crippen LogP contribution in [0.1, 0.15) is 56.9 Å². The number of rotatable bonds is 5. The van der Waals surface area contributed by atoms with Gasteiger partial charge in [0.1, 0.15) is 5.82 Å². The van der Waals surface area contributed by atoms with Gasteiger partial charge in [0, 0.05) is 31.5 Å². The summed E-state index contributed by atoms with van der Waals surface area (Å²) < 4.78 is 5.02. The van der Waals surface area contributed by atoms with Gasteiger partial charge in [0.15, 0.2) is 0 Å². The number of aromatic nitrogens is 2. The van der Waals surface area contributed by atoms with Crippen LogP contribution in [0.4, 0.5) is 0 Å². The van der Waals surface area contributed by atoms with Gasteiger partial charge in [0.05, 0.1) is 41.7 Å². The predicted molar refractivity (Wildman–Crippen MR) is 113 cm³/mol. The van der Waals surface area contributed by atoms with Crippen molar-refractivity contribution in [3.63, 3.8) is 0 Å². The Morgan fingerprint density at radius 3 is 2.90 bits per heavy atom. The third kappa shape index (κ3) is 4.04. The third-order valence-electron chi connectivity index (χ3n) is 5.73. The van der Waals surface area contributed by atoms with Gasteiger partial charge in [-0.15, -0.1) is 11.3 Å². The van der Waals surface area contributed by atoms with E-state index in [0.717, 1.165) is 23.4 Å². The van der Waals surface area contributed by atoms with E-state index in [1.165, 1.54) is 11.3 Å². The smallest absolute Gasteiger partial charge is 0.264 e. The number of nitrogens with zero attached hydrogens (tertiary/aromatic N) is 3. The SMILES string of the molecule is COCCC(=O)N1CCC[C@@H]1c1nc2c(c(=O)[nH]1)CN(C(=O)c1ccc(C)s1)CC2. The van der Waals surface area contributed by atoms with Gasteiger partial charge in [-0.3, -0.25) is 14.4 Å². The highest BCUT2D eigenvalue weighted by Crippen LogP contribution is 2.31. The number of nitrogens with one attached hydrogen (secondary N) is 1. The molecule has 4 rings (SSSR count). The summed E-state index contributed by atoms with van der Waals surface area (Å²) >= 11 is 1.46. The summed E-state index contributed by atoms with van der Waals surface area (Å²) in [5.41, 5.74) is 1.06. The topological polar surface area (TPSA) is 95.6 Å². The van der Waals surface area contributed by atoms with E-state index in [2.05, 4.69) is 4.98 Å². The first-order valence-electron chi connectivity index (χ1n) is 10.2. The average Bonchev–Trinajstić information content (AvgIpc) is 3.40. The van der Waals surface area contributed by atoms with Gasteiger partial charge in [-0.25, -0.2) is 4.98 Å². The molecule has 2 amide bonds. The zero-order valence-corrected chi connectivity index (χ0v) is 18.1. The van der Waals surface area contributed by atoms with Crippen LogP contribution in [0.25, 0.3) is 0 Å². The standard InChI is InChI=1S/C21H26N4O4S/c1-13-5-6-17(30-13)21(28)24-10-7-15-14(12-24)20(27)23-19(22-15)16-4-3-9-25(16)18(26)8-11-29-2/h5-6,16H,3-4,7-12H2,1-2H3,(H,22,23,27)/t16-/m1/s1. The molecule has 0 radical (unpaired) electrons. The fourth-order valence-electron chi connectivity index (χ4n) is 4.16. The van der Waals surface area contributed by atoms with Gasteiger partial charge in [-0.1, -0.05) is 0 Å². The minimum Gasteiger partial charge on any atom is -0.384 e. The number of amides is 2. The molecule has 1 atom stereocenters. The number of likely N-dealkylation sites (tertiary alicyclic amines) is 1. The summed E-state index contributed by atoms with van der Waals surface area (Å²) in [6.45, 7) is 3.80. The van der Waals surface area contributed by atoms with Gasteiger partial charge >= 0.3 is 0 Å². The van der Waals surface area contributed by atoms with Crippen molar-refractivity contribution in [2.24, 2.45) is 0 Å². The van der Waals surface area contributed by atoms with Crippen LogP contribution in [-0.4, -0.2) is 58.4 Å². The van der Waals surface area contributed by atoms with Crippen LogP contribution in [-0.2, 0) is 22.5 Å². The van der Waals surface area contributed by atoms with Crippen LogP contribution in [0, 0.1) is 6.92 Å². The van der Waals surface area contributed by atoms with Crippen LogP contribution >= 0.6 is 11.3 Å². The summed E-state index contributed by atoms with van der Waals surface area (Å²) in [7, 11) is 1.57. The van der Waals surface area contributed by atoms with Gasteiger partial charge in [-0.2, -0.15) is 0 Å². The van der Waals surface area contributed by atoms with Gasteiger partial charge in [0.2, 0.25) is 5.91 Å². The van der Waals surface area contributed by atoms with E-state index in [9.17, 15) is 14.4 Å². The van der Waals surface area contributed by atoms with Gasteiger partial charge < -0.3 is 19.5 Å². The van der Waals surface area contributed by atoms with Crippen molar-refractivity contribution in [1.29, 1.82) is 0 Å². The highest BCUT2D eigenvalue weighted by Gasteiger charge is 2.33. The Morgan fingerprint density at radius 2 is 2.17 bits per heavy atom. The quantitative estimate of drug-likeness (QED) is 0.783. The molecule has 1 saturated heterocycles. The Kier molecular flexibility index (Phi) is 6.01. The molecule has 0 saturated carbocycles. The molecular weight excluding hydrogens is 404 g/mol. The summed E-state index contributed by atoms with van der Waals surface area (Å²) in [6, 6.07) is 3.55. The molecule has 4 heterocycles. The van der Waals surface area contributed by atoms with Crippen molar-refractivity contribution >= 4 is 23.2 Å². The first kappa shape index (κ1) is 20.7. The predicted octanol–water partition coefficient (Wildman–Crippen LogP) is 2.04. The second kappa shape index (κ2) is 8.69. The van der Waals surface area contributed by atoms with E-state index in [-0.39, 0.29) is 30.0 Å². The molecule has 0 aliphatic carbocycles. The summed E-state index contributed by atoms with van der Waals surface area (Å²) in [4.78, 5) is 51.0. The maximum absolute atomic E-state index is 12.8. The van der Waals surface area contributed by atoms with Crippen molar-refractivity contribution < 1.29 is 14.3 Å². The lowest BCUT2D eigenvalue weighted by Gasteiger charge is -2.29. The number of hydrogen-bond acceptors (Lipinski definition) is 6. The van der Waals surface area contributed by atoms with Crippen molar-refractivity contribution in [2.45, 2.75) is 45.2 Å². The number of aromatic amines is 1. The number of H-pyrrole nitrogens is 1. The Hall–Kier alpha value is -2.52. The first-order chi connectivity index (χ1) is 14.5. The van der Waals surface area contributed by atoms with E-state index in [0.29, 0.717) is 48.8 Å². The van der Waals surface area contributed by atoms with Crippen molar-refractivity contribution in [3.8, 4) is 0 Å². The number of ether oxygens (including phenoxy) is 1. The van der Waals surface area contributed by atoms with Crippen LogP contribution in [0.5, 0.6) is 0 Å². The summed E-state index contributed by atoms with van der Waals surface area (Å²) in [5, 5.41) is 0. The number of hydrogen-bond donors (Lipinski definition) is 1. The lowest BCUT2D eigenvalue weighted by Crippen LogP contribution is -2.40. The molecule has 2 aliphatic rings. The summed E-state index contributed by atoms with van der Waals surface area (Å²) in [6.07, 6.45) is 2.52. The molecule has 1 fully saturated rings. The molecule has 0 bridgehead atoms. The molecule has 2 aromatic heterocycles. The normalized spacial score (nSPS) is 18.5. The second-order valence-electron chi connectivity index (χ2n) is 7.75. The fourth-order valence-corrected chi connectivity index (χ4v) is 5.00. The van der Waals surface area contributed by atoms with Crippen molar-refractivity contribution in [1.82, 2.24) is 19.8 Å². The minimum atomic E-state index is -0.217. The number of carbonyl (C=O) groups excluding carboxylic acids is 2. The maximum atomic E-state index is 12.8. The van der Waals surface area contributed by atoms with Crippen molar-refractivity contribution in [2.75, 3.05) is 26.8 Å². The zero-order chi connectivity index (χ0) is 21.3. The molecule has 0 aromatic carbocycles. The zero-order valence-electron chi connectivity index (χ0n) is 17.3. The van der Waals surface area contributed by atoms with E-state index >= 15 is 0 Å². The average molecular weight is 431 g/mol. The molecule has 2 aromatic rings. The maximum Gasteiger partial charge on any atom is 0.264 e. The monoisotopic (exact) mass is 430 g/mol. The number of carbonyl (C=O) groups is 2. The van der Waals surface area contributed by atoms with Crippen LogP contribution in [0.3, 0.4) is 0 Å². The fraction of sp³-hybridized carbons (Fsp3) is 0.524. The number of thiophene rings is 1. The lowest BCUT2D eigenvalue weighted by molar-refractivity contribution is -0.133. The molecular formula is C21H26N4O4S. The molecule has 8 nitrogen and oxygen atoms in total. The molecule has 0 unspecified atom stereocenters. The van der Waals surface area contributed by atoms with E-state index in [1.807, 2.05) is 19.1 Å². The molecule has 0 spiro atoms. The van der Waals surface area contributed by atoms with Crippen LogP contribution in [0.15, 0.2) is 16.9 Å². The molecule has 2 aliphatic heterocycles. The Morgan fingerprint density at radius 1 is 1.33 bits per heavy atom. The molecule has 30 heavy (non-hydrogen) atoms. The molecule has 160 valence electrons. The van der Waals surface area contributed by atoms with E-state index < -0.39 is 0 Å².